The van der Waals surface area contributed by atoms with E-state index in [4.69, 9.17) is 10.5 Å². The minimum atomic E-state index is -2.81. The Labute approximate surface area is 203 Å². The third-order valence-electron chi connectivity index (χ3n) is 6.39. The van der Waals surface area contributed by atoms with Gasteiger partial charge in [0.2, 0.25) is 5.88 Å². The normalized spacial score (nSPS) is 19.7. The molecule has 1 fully saturated rings. The lowest BCUT2D eigenvalue weighted by Gasteiger charge is -2.47. The number of aromatic nitrogens is 3. The van der Waals surface area contributed by atoms with Crippen molar-refractivity contribution in [1.29, 1.82) is 0 Å². The van der Waals surface area contributed by atoms with Gasteiger partial charge in [0.25, 0.3) is 18.2 Å². The highest BCUT2D eigenvalue weighted by atomic mass is 79.9. The Kier molecular flexibility index (Phi) is 6.83. The first-order chi connectivity index (χ1) is 16.2. The Bertz CT molecular complexity index is 1230. The fourth-order valence-corrected chi connectivity index (χ4v) is 4.81. The van der Waals surface area contributed by atoms with E-state index in [1.54, 1.807) is 24.3 Å². The number of imidazole rings is 1. The van der Waals surface area contributed by atoms with Gasteiger partial charge in [0.15, 0.2) is 11.5 Å². The van der Waals surface area contributed by atoms with Crippen molar-refractivity contribution < 1.29 is 23.1 Å². The van der Waals surface area contributed by atoms with E-state index < -0.39 is 24.1 Å². The quantitative estimate of drug-likeness (QED) is 0.424. The van der Waals surface area contributed by atoms with E-state index in [0.29, 0.717) is 23.0 Å². The maximum Gasteiger partial charge on any atom is 0.295 e. The summed E-state index contributed by atoms with van der Waals surface area (Å²) in [5.41, 5.74) is 5.86. The van der Waals surface area contributed by atoms with Gasteiger partial charge in [0, 0.05) is 22.9 Å². The minimum absolute atomic E-state index is 0.0192. The zero-order valence-electron chi connectivity index (χ0n) is 18.4. The number of nitrogens with zero attached hydrogens (tertiary/aromatic N) is 3. The molecule has 0 atom stereocenters. The second kappa shape index (κ2) is 9.65. The number of hydrogen-bond acceptors (Lipinski definition) is 5. The fraction of sp³-hybridized carbons (Fsp3) is 0.391. The number of carbonyl (C=O) groups excluding carboxylic acids is 2. The van der Waals surface area contributed by atoms with Crippen molar-refractivity contribution >= 4 is 33.3 Å². The van der Waals surface area contributed by atoms with E-state index >= 15 is 0 Å². The number of alkyl halides is 2. The third-order valence-corrected chi connectivity index (χ3v) is 6.86. The minimum Gasteiger partial charge on any atom is -0.477 e. The van der Waals surface area contributed by atoms with Crippen LogP contribution in [0, 0.1) is 5.41 Å². The molecular formula is C23H24BrF2N5O3. The van der Waals surface area contributed by atoms with Crippen LogP contribution in [-0.2, 0) is 0 Å². The van der Waals surface area contributed by atoms with Crippen molar-refractivity contribution in [3.63, 3.8) is 0 Å². The highest BCUT2D eigenvalue weighted by molar-refractivity contribution is 9.10. The molecule has 34 heavy (non-hydrogen) atoms. The molecule has 3 aromatic heterocycles. The molecule has 3 aromatic rings. The van der Waals surface area contributed by atoms with Crippen LogP contribution in [0.2, 0.25) is 0 Å². The average Bonchev–Trinajstić information content (AvgIpc) is 3.16. The van der Waals surface area contributed by atoms with Gasteiger partial charge in [-0.25, -0.2) is 18.7 Å². The van der Waals surface area contributed by atoms with E-state index in [1.165, 1.54) is 16.8 Å². The summed E-state index contributed by atoms with van der Waals surface area (Å²) in [5, 5.41) is 2.93. The van der Waals surface area contributed by atoms with Gasteiger partial charge in [-0.05, 0) is 64.9 Å². The molecule has 8 nitrogen and oxygen atoms in total. The Hall–Kier alpha value is -3.08. The van der Waals surface area contributed by atoms with Gasteiger partial charge in [-0.2, -0.15) is 0 Å². The van der Waals surface area contributed by atoms with E-state index in [-0.39, 0.29) is 28.6 Å². The van der Waals surface area contributed by atoms with Crippen LogP contribution in [0.4, 0.5) is 8.78 Å². The van der Waals surface area contributed by atoms with Gasteiger partial charge in [-0.15, -0.1) is 0 Å². The van der Waals surface area contributed by atoms with Crippen LogP contribution >= 0.6 is 15.9 Å². The van der Waals surface area contributed by atoms with Crippen molar-refractivity contribution in [2.24, 2.45) is 11.1 Å². The summed E-state index contributed by atoms with van der Waals surface area (Å²) >= 11 is 3.26. The lowest BCUT2D eigenvalue weighted by Crippen LogP contribution is -2.51. The molecule has 3 heterocycles. The van der Waals surface area contributed by atoms with Crippen molar-refractivity contribution in [2.45, 2.75) is 45.1 Å². The first-order valence-electron chi connectivity index (χ1n) is 10.9. The molecule has 0 aromatic carbocycles. The number of pyridine rings is 2. The van der Waals surface area contributed by atoms with Crippen molar-refractivity contribution in [3.8, 4) is 5.88 Å². The van der Waals surface area contributed by atoms with Crippen LogP contribution in [0.15, 0.2) is 41.1 Å². The third kappa shape index (κ3) is 4.75. The van der Waals surface area contributed by atoms with Crippen molar-refractivity contribution in [1.82, 2.24) is 19.7 Å². The molecule has 0 radical (unpaired) electrons. The number of ether oxygens (including phenoxy) is 1. The van der Waals surface area contributed by atoms with E-state index in [9.17, 15) is 18.4 Å². The van der Waals surface area contributed by atoms with Gasteiger partial charge in [0.1, 0.15) is 5.56 Å². The molecule has 0 saturated heterocycles. The van der Waals surface area contributed by atoms with Gasteiger partial charge in [0.05, 0.1) is 12.1 Å². The Morgan fingerprint density at radius 2 is 2.12 bits per heavy atom. The van der Waals surface area contributed by atoms with Crippen molar-refractivity contribution in [3.05, 3.63) is 58.2 Å². The predicted octanol–water partition coefficient (Wildman–Crippen LogP) is 4.29. The Balaban J connectivity index is 1.37. The van der Waals surface area contributed by atoms with E-state index in [1.807, 2.05) is 0 Å². The van der Waals surface area contributed by atoms with Crippen LogP contribution in [0.5, 0.6) is 5.88 Å². The summed E-state index contributed by atoms with van der Waals surface area (Å²) in [6.07, 6.45) is 3.23. The van der Waals surface area contributed by atoms with E-state index in [0.717, 1.165) is 19.3 Å². The van der Waals surface area contributed by atoms with Crippen molar-refractivity contribution in [2.75, 3.05) is 6.61 Å². The lowest BCUT2D eigenvalue weighted by molar-refractivity contribution is 0.0449. The predicted molar refractivity (Wildman–Crippen MR) is 124 cm³/mol. The number of fused-ring (bicyclic) bond motifs is 1. The first-order valence-corrected chi connectivity index (χ1v) is 11.7. The smallest absolute Gasteiger partial charge is 0.295 e. The molecule has 1 aliphatic carbocycles. The summed E-state index contributed by atoms with van der Waals surface area (Å²) in [6, 6.07) is 6.36. The maximum absolute atomic E-state index is 13.4. The average molecular weight is 536 g/mol. The summed E-state index contributed by atoms with van der Waals surface area (Å²) < 4.78 is 34.4. The standard InChI is InChI=1S/C23H24BrF2N5O3/c1-2-23(7-9-34-22-15(19(27)32)4-3-8-28-22)10-14(11-23)29-21(33)17-16-6-5-13(24)12-31(16)20(30-17)18(25)26/h3-6,8,12,14,18H,2,7,9-11H2,1H3,(H2,27,32)(H,29,33). The second-order valence-corrected chi connectivity index (χ2v) is 9.39. The zero-order valence-corrected chi connectivity index (χ0v) is 20.0. The maximum atomic E-state index is 13.4. The fourth-order valence-electron chi connectivity index (χ4n) is 4.47. The van der Waals surface area contributed by atoms with Gasteiger partial charge >= 0.3 is 0 Å². The molecule has 180 valence electrons. The number of primary amides is 1. The van der Waals surface area contributed by atoms with Crippen LogP contribution in [0.25, 0.3) is 5.52 Å². The Morgan fingerprint density at radius 1 is 1.35 bits per heavy atom. The van der Waals surface area contributed by atoms with E-state index in [2.05, 4.69) is 38.1 Å². The highest BCUT2D eigenvalue weighted by Crippen LogP contribution is 2.47. The molecule has 1 aliphatic rings. The number of nitrogens with two attached hydrogens (primary N) is 1. The van der Waals surface area contributed by atoms with Crippen LogP contribution in [-0.4, -0.2) is 38.8 Å². The number of carbonyl (C=O) groups is 2. The van der Waals surface area contributed by atoms with Gasteiger partial charge < -0.3 is 15.8 Å². The second-order valence-electron chi connectivity index (χ2n) is 8.47. The molecule has 0 unspecified atom stereocenters. The van der Waals surface area contributed by atoms with Crippen LogP contribution in [0.3, 0.4) is 0 Å². The molecule has 1 saturated carbocycles. The molecule has 0 aliphatic heterocycles. The largest absolute Gasteiger partial charge is 0.477 e. The molecule has 2 amide bonds. The van der Waals surface area contributed by atoms with Crippen LogP contribution < -0.4 is 15.8 Å². The number of amides is 2. The summed E-state index contributed by atoms with van der Waals surface area (Å²) in [6.45, 7) is 2.42. The van der Waals surface area contributed by atoms with Crippen LogP contribution in [0.1, 0.15) is 65.7 Å². The topological polar surface area (TPSA) is 112 Å². The SMILES string of the molecule is CCC1(CCOc2ncccc2C(N)=O)CC(NC(=O)c2nc(C(F)F)n3cc(Br)ccc23)C1. The molecule has 11 heteroatoms. The lowest BCUT2D eigenvalue weighted by atomic mass is 9.62. The first kappa shape index (κ1) is 24.1. The highest BCUT2D eigenvalue weighted by Gasteiger charge is 2.43. The number of hydrogen-bond donors (Lipinski definition) is 2. The molecule has 0 spiro atoms. The molecule has 0 bridgehead atoms. The molecule has 4 rings (SSSR count). The Morgan fingerprint density at radius 3 is 2.79 bits per heavy atom. The molecule has 3 N–H and O–H groups in total. The number of nitrogens with one attached hydrogen (secondary N) is 1. The van der Waals surface area contributed by atoms with Gasteiger partial charge in [-0.3, -0.25) is 14.0 Å². The molecular weight excluding hydrogens is 512 g/mol. The monoisotopic (exact) mass is 535 g/mol. The van der Waals surface area contributed by atoms with Gasteiger partial charge in [-0.1, -0.05) is 13.3 Å². The number of halogens is 3. The summed E-state index contributed by atoms with van der Waals surface area (Å²) in [7, 11) is 0. The number of rotatable bonds is 9. The zero-order chi connectivity index (χ0) is 24.5. The summed E-state index contributed by atoms with van der Waals surface area (Å²) in [5.74, 6) is -1.34. The summed E-state index contributed by atoms with van der Waals surface area (Å²) in [4.78, 5) is 32.4.